The van der Waals surface area contributed by atoms with Crippen molar-refractivity contribution in [3.63, 3.8) is 0 Å². The minimum atomic E-state index is -1.09. The zero-order chi connectivity index (χ0) is 15.3. The molecule has 0 aliphatic carbocycles. The Labute approximate surface area is 125 Å². The summed E-state index contributed by atoms with van der Waals surface area (Å²) in [4.78, 5) is 14.1. The molecule has 1 aliphatic heterocycles. The van der Waals surface area contributed by atoms with Crippen molar-refractivity contribution in [2.45, 2.75) is 24.4 Å². The highest BCUT2D eigenvalue weighted by atomic mass is 16.5. The molecule has 1 fully saturated rings. The molecule has 0 bridgehead atoms. The average molecular weight is 292 g/mol. The smallest absolute Gasteiger partial charge is 0.329 e. The summed E-state index contributed by atoms with van der Waals surface area (Å²) in [7, 11) is 3.70. The van der Waals surface area contributed by atoms with Crippen LogP contribution >= 0.6 is 0 Å². The van der Waals surface area contributed by atoms with E-state index in [1.165, 1.54) is 0 Å². The van der Waals surface area contributed by atoms with E-state index in [-0.39, 0.29) is 0 Å². The third kappa shape index (κ3) is 3.43. The predicted molar refractivity (Wildman–Crippen MR) is 81.3 cm³/mol. The normalized spacial score (nSPS) is 19.4. The lowest BCUT2D eigenvalue weighted by Gasteiger charge is -2.38. The van der Waals surface area contributed by atoms with Gasteiger partial charge in [-0.15, -0.1) is 0 Å². The van der Waals surface area contributed by atoms with E-state index in [4.69, 9.17) is 4.74 Å². The molecule has 5 heteroatoms. The number of ether oxygens (including phenoxy) is 1. The quantitative estimate of drug-likeness (QED) is 0.827. The maximum Gasteiger partial charge on any atom is 0.329 e. The molecule has 21 heavy (non-hydrogen) atoms. The Morgan fingerprint density at radius 1 is 1.38 bits per heavy atom. The number of carboxylic acids is 1. The molecule has 1 atom stereocenters. The van der Waals surface area contributed by atoms with Crippen LogP contribution in [0.3, 0.4) is 0 Å². The van der Waals surface area contributed by atoms with Crippen LogP contribution in [0.1, 0.15) is 18.4 Å². The molecular weight excluding hydrogens is 268 g/mol. The summed E-state index contributed by atoms with van der Waals surface area (Å²) in [6.07, 6.45) is 1.90. The number of likely N-dealkylation sites (N-methyl/N-ethyl adjacent to an activating group) is 2. The van der Waals surface area contributed by atoms with Gasteiger partial charge < -0.3 is 20.1 Å². The number of nitrogens with zero attached hydrogens (tertiary/aromatic N) is 1. The zero-order valence-electron chi connectivity index (χ0n) is 12.7. The van der Waals surface area contributed by atoms with Crippen molar-refractivity contribution in [2.24, 2.45) is 0 Å². The van der Waals surface area contributed by atoms with Crippen LogP contribution in [0.5, 0.6) is 0 Å². The first-order valence-electron chi connectivity index (χ1n) is 7.36. The standard InChI is InChI=1S/C16H24N2O3/c1-17-16(15(19)20,13-6-4-3-5-7-13)12-18(2)14-8-10-21-11-9-14/h3-7,14,17H,8-12H2,1-2H3,(H,19,20). The Morgan fingerprint density at radius 2 is 2.00 bits per heavy atom. The van der Waals surface area contributed by atoms with Gasteiger partial charge in [0.2, 0.25) is 0 Å². The zero-order valence-corrected chi connectivity index (χ0v) is 12.7. The molecule has 0 spiro atoms. The van der Waals surface area contributed by atoms with Crippen LogP contribution in [0.2, 0.25) is 0 Å². The molecule has 1 saturated heterocycles. The molecule has 1 aliphatic rings. The van der Waals surface area contributed by atoms with E-state index in [1.807, 2.05) is 37.4 Å². The van der Waals surface area contributed by atoms with Crippen molar-refractivity contribution in [1.29, 1.82) is 0 Å². The molecule has 0 amide bonds. The highest BCUT2D eigenvalue weighted by molar-refractivity contribution is 5.81. The summed E-state index contributed by atoms with van der Waals surface area (Å²) in [5.41, 5.74) is -0.312. The van der Waals surface area contributed by atoms with E-state index in [0.717, 1.165) is 31.6 Å². The molecule has 116 valence electrons. The summed E-state index contributed by atoms with van der Waals surface area (Å²) >= 11 is 0. The van der Waals surface area contributed by atoms with Gasteiger partial charge in [-0.25, -0.2) is 4.79 Å². The molecule has 1 aromatic rings. The van der Waals surface area contributed by atoms with Crippen LogP contribution in [0.4, 0.5) is 0 Å². The van der Waals surface area contributed by atoms with Gasteiger partial charge in [-0.2, -0.15) is 0 Å². The van der Waals surface area contributed by atoms with Gasteiger partial charge in [-0.1, -0.05) is 30.3 Å². The number of nitrogens with one attached hydrogen (secondary N) is 1. The third-order valence-electron chi connectivity index (χ3n) is 4.36. The van der Waals surface area contributed by atoms with Gasteiger partial charge in [0.15, 0.2) is 5.54 Å². The SMILES string of the molecule is CNC(CN(C)C1CCOCC1)(C(=O)O)c1ccccc1. The summed E-state index contributed by atoms with van der Waals surface area (Å²) in [6, 6.07) is 9.74. The van der Waals surface area contributed by atoms with E-state index in [1.54, 1.807) is 7.05 Å². The lowest BCUT2D eigenvalue weighted by molar-refractivity contribution is -0.146. The first-order valence-corrected chi connectivity index (χ1v) is 7.36. The molecule has 2 rings (SSSR count). The minimum Gasteiger partial charge on any atom is -0.480 e. The number of carbonyl (C=O) groups is 1. The Hall–Kier alpha value is -1.43. The first kappa shape index (κ1) is 15.9. The summed E-state index contributed by atoms with van der Waals surface area (Å²) in [5, 5.41) is 12.8. The summed E-state index contributed by atoms with van der Waals surface area (Å²) in [5.74, 6) is -0.852. The van der Waals surface area contributed by atoms with E-state index < -0.39 is 11.5 Å². The molecule has 1 heterocycles. The average Bonchev–Trinajstić information content (AvgIpc) is 2.54. The summed E-state index contributed by atoms with van der Waals surface area (Å²) < 4.78 is 5.38. The van der Waals surface area contributed by atoms with Crippen molar-refractivity contribution in [3.8, 4) is 0 Å². The van der Waals surface area contributed by atoms with Gasteiger partial charge in [0.1, 0.15) is 0 Å². The Bertz CT molecular complexity index is 460. The largest absolute Gasteiger partial charge is 0.480 e. The van der Waals surface area contributed by atoms with Crippen LogP contribution in [0, 0.1) is 0 Å². The van der Waals surface area contributed by atoms with Crippen LogP contribution in [0.25, 0.3) is 0 Å². The van der Waals surface area contributed by atoms with Crippen molar-refractivity contribution in [3.05, 3.63) is 35.9 Å². The molecular formula is C16H24N2O3. The van der Waals surface area contributed by atoms with Gasteiger partial charge in [0.25, 0.3) is 0 Å². The second kappa shape index (κ2) is 7.02. The van der Waals surface area contributed by atoms with Gasteiger partial charge >= 0.3 is 5.97 Å². The molecule has 5 nitrogen and oxygen atoms in total. The topological polar surface area (TPSA) is 61.8 Å². The fourth-order valence-electron chi connectivity index (χ4n) is 2.96. The molecule has 2 N–H and O–H groups in total. The number of rotatable bonds is 6. The second-order valence-electron chi connectivity index (χ2n) is 5.59. The van der Waals surface area contributed by atoms with E-state index in [0.29, 0.717) is 12.6 Å². The van der Waals surface area contributed by atoms with Gasteiger partial charge in [-0.3, -0.25) is 0 Å². The minimum absolute atomic E-state index is 0.370. The number of aliphatic carboxylic acids is 1. The number of hydrogen-bond acceptors (Lipinski definition) is 4. The second-order valence-corrected chi connectivity index (χ2v) is 5.59. The number of hydrogen-bond donors (Lipinski definition) is 2. The van der Waals surface area contributed by atoms with Crippen LogP contribution < -0.4 is 5.32 Å². The van der Waals surface area contributed by atoms with E-state index in [2.05, 4.69) is 10.2 Å². The van der Waals surface area contributed by atoms with E-state index in [9.17, 15) is 9.90 Å². The third-order valence-corrected chi connectivity index (χ3v) is 4.36. The van der Waals surface area contributed by atoms with Crippen LogP contribution in [-0.4, -0.2) is 55.9 Å². The molecule has 1 aromatic carbocycles. The lowest BCUT2D eigenvalue weighted by atomic mass is 9.88. The monoisotopic (exact) mass is 292 g/mol. The Kier molecular flexibility index (Phi) is 5.33. The number of benzene rings is 1. The Balaban J connectivity index is 2.22. The Morgan fingerprint density at radius 3 is 2.52 bits per heavy atom. The highest BCUT2D eigenvalue weighted by Crippen LogP contribution is 2.25. The van der Waals surface area contributed by atoms with Crippen LogP contribution in [-0.2, 0) is 15.1 Å². The maximum absolute atomic E-state index is 12.0. The number of carboxylic acid groups (broad SMARTS) is 1. The van der Waals surface area contributed by atoms with Crippen molar-refractivity contribution in [2.75, 3.05) is 33.9 Å². The lowest BCUT2D eigenvalue weighted by Crippen LogP contribution is -2.56. The molecule has 0 radical (unpaired) electrons. The van der Waals surface area contributed by atoms with Gasteiger partial charge in [0, 0.05) is 25.8 Å². The van der Waals surface area contributed by atoms with Crippen molar-refractivity contribution >= 4 is 5.97 Å². The van der Waals surface area contributed by atoms with Crippen LogP contribution in [0.15, 0.2) is 30.3 Å². The maximum atomic E-state index is 12.0. The molecule has 1 unspecified atom stereocenters. The summed E-state index contributed by atoms with van der Waals surface area (Å²) in [6.45, 7) is 1.92. The first-order chi connectivity index (χ1) is 10.1. The fraction of sp³-hybridized carbons (Fsp3) is 0.562. The van der Waals surface area contributed by atoms with Gasteiger partial charge in [0.05, 0.1) is 0 Å². The molecule has 0 saturated carbocycles. The van der Waals surface area contributed by atoms with Gasteiger partial charge in [-0.05, 0) is 32.5 Å². The van der Waals surface area contributed by atoms with Crippen molar-refractivity contribution in [1.82, 2.24) is 10.2 Å². The van der Waals surface area contributed by atoms with E-state index >= 15 is 0 Å². The highest BCUT2D eigenvalue weighted by Gasteiger charge is 2.41. The van der Waals surface area contributed by atoms with Crippen molar-refractivity contribution < 1.29 is 14.6 Å². The predicted octanol–water partition coefficient (Wildman–Crippen LogP) is 1.30. The fourth-order valence-corrected chi connectivity index (χ4v) is 2.96. The molecule has 0 aromatic heterocycles.